The van der Waals surface area contributed by atoms with E-state index >= 15 is 0 Å². The molecule has 2 heterocycles. The minimum Gasteiger partial charge on any atom is -0.378 e. The van der Waals surface area contributed by atoms with Gasteiger partial charge in [0.2, 0.25) is 0 Å². The molecule has 186 valence electrons. The van der Waals surface area contributed by atoms with Gasteiger partial charge in [0.05, 0.1) is 21.8 Å². The lowest BCUT2D eigenvalue weighted by Gasteiger charge is -2.25. The molecule has 0 aliphatic carbocycles. The molecule has 0 saturated heterocycles. The zero-order valence-electron chi connectivity index (χ0n) is 21.2. The maximum absolute atomic E-state index is 13.8. The van der Waals surface area contributed by atoms with Gasteiger partial charge < -0.3 is 10.2 Å². The molecule has 0 spiro atoms. The van der Waals surface area contributed by atoms with Gasteiger partial charge in [-0.2, -0.15) is 0 Å². The Labute approximate surface area is 219 Å². The Hall–Kier alpha value is -4.23. The summed E-state index contributed by atoms with van der Waals surface area (Å²) in [6.07, 6.45) is 1.89. The van der Waals surface area contributed by atoms with Crippen LogP contribution in [0.1, 0.15) is 29.7 Å². The standard InChI is InChI=1S/C30H28N4O2S/c1-19-10-14-22(15-11-19)27-26(28(35)32-23-8-6-5-7-9-23)20(2)31-30-34(27)29(36)25(37-30)18-21-12-16-24(17-13-21)33(3)4/h5-18,27H,1-4H3,(H,32,35)/b25-18-. The fourth-order valence-corrected chi connectivity index (χ4v) is 5.46. The molecular formula is C30H28N4O2S. The first-order valence-electron chi connectivity index (χ1n) is 12.0. The van der Waals surface area contributed by atoms with Gasteiger partial charge in [0.25, 0.3) is 11.5 Å². The van der Waals surface area contributed by atoms with E-state index in [1.54, 1.807) is 4.57 Å². The molecule has 3 aromatic carbocycles. The Morgan fingerprint density at radius 3 is 2.30 bits per heavy atom. The highest BCUT2D eigenvalue weighted by atomic mass is 32.1. The first-order chi connectivity index (χ1) is 17.8. The molecule has 1 aliphatic heterocycles. The zero-order chi connectivity index (χ0) is 26.1. The SMILES string of the molecule is CC1=C(C(=O)Nc2ccccc2)C(c2ccc(C)cc2)n2c(s/c(=C\c3ccc(N(C)C)cc3)c2=O)=N1. The second-order valence-electron chi connectivity index (χ2n) is 9.30. The van der Waals surface area contributed by atoms with Crippen molar-refractivity contribution in [1.29, 1.82) is 0 Å². The van der Waals surface area contributed by atoms with Crippen LogP contribution in [0.3, 0.4) is 0 Å². The second kappa shape index (κ2) is 10.0. The number of allylic oxidation sites excluding steroid dienone is 1. The summed E-state index contributed by atoms with van der Waals surface area (Å²) in [4.78, 5) is 34.7. The number of carbonyl (C=O) groups excluding carboxylic acids is 1. The molecule has 0 fully saturated rings. The summed E-state index contributed by atoms with van der Waals surface area (Å²) in [6.45, 7) is 3.85. The van der Waals surface area contributed by atoms with Crippen LogP contribution in [0.2, 0.25) is 0 Å². The average Bonchev–Trinajstić information content (AvgIpc) is 3.18. The molecule has 7 heteroatoms. The molecule has 1 aliphatic rings. The van der Waals surface area contributed by atoms with Gasteiger partial charge >= 0.3 is 0 Å². The van der Waals surface area contributed by atoms with Crippen LogP contribution in [0.15, 0.2) is 99.9 Å². The van der Waals surface area contributed by atoms with Crippen LogP contribution < -0.4 is 25.1 Å². The van der Waals surface area contributed by atoms with Crippen LogP contribution in [0.25, 0.3) is 6.08 Å². The van der Waals surface area contributed by atoms with Crippen molar-refractivity contribution in [2.75, 3.05) is 24.3 Å². The smallest absolute Gasteiger partial charge is 0.271 e. The summed E-state index contributed by atoms with van der Waals surface area (Å²) < 4.78 is 2.23. The molecule has 6 nitrogen and oxygen atoms in total. The van der Waals surface area contributed by atoms with E-state index in [-0.39, 0.29) is 11.5 Å². The van der Waals surface area contributed by atoms with Crippen molar-refractivity contribution in [3.63, 3.8) is 0 Å². The van der Waals surface area contributed by atoms with Crippen LogP contribution >= 0.6 is 11.3 Å². The molecule has 1 atom stereocenters. The van der Waals surface area contributed by atoms with Crippen molar-refractivity contribution in [1.82, 2.24) is 4.57 Å². The molecule has 5 rings (SSSR count). The Morgan fingerprint density at radius 2 is 1.65 bits per heavy atom. The van der Waals surface area contributed by atoms with Crippen LogP contribution in [0, 0.1) is 6.92 Å². The van der Waals surface area contributed by atoms with Crippen LogP contribution in [0.5, 0.6) is 0 Å². The third-order valence-electron chi connectivity index (χ3n) is 6.40. The number of nitrogens with one attached hydrogen (secondary N) is 1. The van der Waals surface area contributed by atoms with Crippen molar-refractivity contribution >= 4 is 34.7 Å². The number of nitrogens with zero attached hydrogens (tertiary/aromatic N) is 3. The van der Waals surface area contributed by atoms with Gasteiger partial charge in [-0.05, 0) is 55.3 Å². The van der Waals surface area contributed by atoms with Gasteiger partial charge in [-0.1, -0.05) is 71.5 Å². The van der Waals surface area contributed by atoms with Crippen LogP contribution in [0.4, 0.5) is 11.4 Å². The zero-order valence-corrected chi connectivity index (χ0v) is 22.0. The number of benzene rings is 3. The number of hydrogen-bond donors (Lipinski definition) is 1. The van der Waals surface area contributed by atoms with Gasteiger partial charge in [-0.25, -0.2) is 4.99 Å². The maximum Gasteiger partial charge on any atom is 0.271 e. The summed E-state index contributed by atoms with van der Waals surface area (Å²) in [5, 5.41) is 2.98. The molecule has 0 bridgehead atoms. The number of hydrogen-bond acceptors (Lipinski definition) is 5. The summed E-state index contributed by atoms with van der Waals surface area (Å²) >= 11 is 1.34. The van der Waals surface area contributed by atoms with E-state index in [9.17, 15) is 9.59 Å². The quantitative estimate of drug-likeness (QED) is 0.438. The number of amides is 1. The lowest BCUT2D eigenvalue weighted by molar-refractivity contribution is -0.113. The first kappa shape index (κ1) is 24.5. The van der Waals surface area contributed by atoms with Gasteiger partial charge in [0, 0.05) is 25.5 Å². The number of fused-ring (bicyclic) bond motifs is 1. The van der Waals surface area contributed by atoms with E-state index in [0.29, 0.717) is 26.3 Å². The normalized spacial score (nSPS) is 15.2. The summed E-state index contributed by atoms with van der Waals surface area (Å²) in [6, 6.07) is 24.7. The lowest BCUT2D eigenvalue weighted by Crippen LogP contribution is -2.40. The molecule has 0 radical (unpaired) electrons. The third kappa shape index (κ3) is 4.90. The largest absolute Gasteiger partial charge is 0.378 e. The molecule has 4 aromatic rings. The first-order valence-corrected chi connectivity index (χ1v) is 12.9. The molecular weight excluding hydrogens is 480 g/mol. The fourth-order valence-electron chi connectivity index (χ4n) is 4.42. The summed E-state index contributed by atoms with van der Waals surface area (Å²) in [5.41, 5.74) is 5.57. The minimum absolute atomic E-state index is 0.163. The van der Waals surface area contributed by atoms with Crippen molar-refractivity contribution in [2.24, 2.45) is 4.99 Å². The number of thiazole rings is 1. The highest BCUT2D eigenvalue weighted by molar-refractivity contribution is 7.07. The second-order valence-corrected chi connectivity index (χ2v) is 10.3. The Bertz CT molecular complexity index is 1660. The van der Waals surface area contributed by atoms with E-state index in [1.807, 2.05) is 118 Å². The van der Waals surface area contributed by atoms with E-state index in [4.69, 9.17) is 4.99 Å². The Morgan fingerprint density at radius 1 is 0.973 bits per heavy atom. The van der Waals surface area contributed by atoms with E-state index in [1.165, 1.54) is 11.3 Å². The fraction of sp³-hybridized carbons (Fsp3) is 0.167. The molecule has 1 unspecified atom stereocenters. The Balaban J connectivity index is 1.64. The van der Waals surface area contributed by atoms with E-state index < -0.39 is 6.04 Å². The number of carbonyl (C=O) groups is 1. The number of rotatable bonds is 5. The molecule has 1 aromatic heterocycles. The number of aryl methyl sites for hydroxylation is 1. The minimum atomic E-state index is -0.584. The molecule has 0 saturated carbocycles. The average molecular weight is 509 g/mol. The van der Waals surface area contributed by atoms with Gasteiger partial charge in [0.1, 0.15) is 0 Å². The van der Waals surface area contributed by atoms with Crippen LogP contribution in [-0.2, 0) is 4.79 Å². The third-order valence-corrected chi connectivity index (χ3v) is 7.38. The predicted molar refractivity (Wildman–Crippen MR) is 151 cm³/mol. The van der Waals surface area contributed by atoms with E-state index in [0.717, 1.165) is 22.4 Å². The molecule has 1 N–H and O–H groups in total. The number of para-hydroxylation sites is 1. The van der Waals surface area contributed by atoms with Gasteiger partial charge in [-0.15, -0.1) is 0 Å². The van der Waals surface area contributed by atoms with Crippen molar-refractivity contribution in [3.05, 3.63) is 127 Å². The predicted octanol–water partition coefficient (Wildman–Crippen LogP) is 4.25. The Kier molecular flexibility index (Phi) is 6.63. The van der Waals surface area contributed by atoms with Crippen molar-refractivity contribution in [3.8, 4) is 0 Å². The maximum atomic E-state index is 13.8. The monoisotopic (exact) mass is 508 g/mol. The van der Waals surface area contributed by atoms with Crippen LogP contribution in [-0.4, -0.2) is 24.6 Å². The number of anilines is 2. The van der Waals surface area contributed by atoms with Crippen molar-refractivity contribution in [2.45, 2.75) is 19.9 Å². The molecule has 1 amide bonds. The van der Waals surface area contributed by atoms with Gasteiger partial charge in [0.15, 0.2) is 4.80 Å². The number of aromatic nitrogens is 1. The lowest BCUT2D eigenvalue weighted by atomic mass is 9.94. The highest BCUT2D eigenvalue weighted by Gasteiger charge is 2.32. The van der Waals surface area contributed by atoms with Crippen molar-refractivity contribution < 1.29 is 4.79 Å². The molecule has 37 heavy (non-hydrogen) atoms. The van der Waals surface area contributed by atoms with Gasteiger partial charge in [-0.3, -0.25) is 14.2 Å². The summed E-state index contributed by atoms with van der Waals surface area (Å²) in [5.74, 6) is -0.272. The topological polar surface area (TPSA) is 66.7 Å². The summed E-state index contributed by atoms with van der Waals surface area (Å²) in [7, 11) is 3.98. The van der Waals surface area contributed by atoms with E-state index in [2.05, 4.69) is 5.32 Å². The highest BCUT2D eigenvalue weighted by Crippen LogP contribution is 2.31.